The van der Waals surface area contributed by atoms with Gasteiger partial charge in [-0.2, -0.15) is 0 Å². The molecule has 1 amide bonds. The van der Waals surface area contributed by atoms with E-state index in [9.17, 15) is 9.90 Å². The van der Waals surface area contributed by atoms with Crippen molar-refractivity contribution in [3.8, 4) is 0 Å². The molecule has 0 spiro atoms. The monoisotopic (exact) mass is 463 g/mol. The highest BCUT2D eigenvalue weighted by atomic mass is 127. The number of rotatable bonds is 1. The lowest BCUT2D eigenvalue weighted by atomic mass is 9.71. The van der Waals surface area contributed by atoms with Crippen molar-refractivity contribution in [1.29, 1.82) is 0 Å². The average molecular weight is 464 g/mol. The van der Waals surface area contributed by atoms with Gasteiger partial charge in [0.25, 0.3) is 5.91 Å². The van der Waals surface area contributed by atoms with Gasteiger partial charge in [0.1, 0.15) is 0 Å². The molecule has 2 aliphatic rings. The molecule has 1 aromatic carbocycles. The van der Waals surface area contributed by atoms with E-state index in [-0.39, 0.29) is 11.8 Å². The van der Waals surface area contributed by atoms with Gasteiger partial charge in [-0.3, -0.25) is 4.79 Å². The molecule has 3 nitrogen and oxygen atoms in total. The third-order valence-corrected chi connectivity index (χ3v) is 6.31. The number of hydrogen-bond acceptors (Lipinski definition) is 2. The zero-order chi connectivity index (χ0) is 15.0. The summed E-state index contributed by atoms with van der Waals surface area (Å²) in [6.45, 7) is 1.35. The second kappa shape index (κ2) is 6.16. The van der Waals surface area contributed by atoms with Gasteiger partial charge in [0, 0.05) is 27.1 Å². The van der Waals surface area contributed by atoms with Crippen molar-refractivity contribution >= 4 is 44.4 Å². The van der Waals surface area contributed by atoms with Crippen LogP contribution in [0.5, 0.6) is 0 Å². The summed E-state index contributed by atoms with van der Waals surface area (Å²) in [7, 11) is 0. The number of aliphatic hydroxyl groups is 1. The van der Waals surface area contributed by atoms with Crippen molar-refractivity contribution in [2.75, 3.05) is 13.1 Å². The summed E-state index contributed by atoms with van der Waals surface area (Å²) in [5, 5.41) is 10.7. The molecule has 5 heteroatoms. The molecule has 2 unspecified atom stereocenters. The van der Waals surface area contributed by atoms with Crippen molar-refractivity contribution in [3.63, 3.8) is 0 Å². The summed E-state index contributed by atoms with van der Waals surface area (Å²) in [5.74, 6) is 0.335. The summed E-state index contributed by atoms with van der Waals surface area (Å²) < 4.78 is 1.91. The molecule has 1 saturated heterocycles. The predicted molar refractivity (Wildman–Crippen MR) is 94.3 cm³/mol. The Hall–Kier alpha value is -0.140. The van der Waals surface area contributed by atoms with Gasteiger partial charge >= 0.3 is 0 Å². The molecule has 3 rings (SSSR count). The predicted octanol–water partition coefficient (Wildman–Crippen LogP) is 3.82. The standard InChI is InChI=1S/C16H19BrINO2/c17-12-4-5-14(18)13(9-12)15(20)19-8-7-16(21)6-2-1-3-11(16)10-19/h4-5,9,11,21H,1-3,6-8,10H2. The van der Waals surface area contributed by atoms with Crippen LogP contribution in [0.1, 0.15) is 42.5 Å². The van der Waals surface area contributed by atoms with Crippen LogP contribution in [0.4, 0.5) is 0 Å². The van der Waals surface area contributed by atoms with E-state index in [1.807, 2.05) is 23.1 Å². The van der Waals surface area contributed by atoms with Gasteiger partial charge in [-0.1, -0.05) is 28.8 Å². The first-order chi connectivity index (χ1) is 9.99. The van der Waals surface area contributed by atoms with Crippen molar-refractivity contribution in [1.82, 2.24) is 4.90 Å². The molecular formula is C16H19BrINO2. The van der Waals surface area contributed by atoms with Crippen molar-refractivity contribution in [2.24, 2.45) is 5.92 Å². The number of amides is 1. The summed E-state index contributed by atoms with van der Waals surface area (Å²) in [6.07, 6.45) is 4.94. The Morgan fingerprint density at radius 3 is 3.00 bits per heavy atom. The van der Waals surface area contributed by atoms with Crippen molar-refractivity contribution in [3.05, 3.63) is 31.8 Å². The Morgan fingerprint density at radius 2 is 2.19 bits per heavy atom. The summed E-state index contributed by atoms with van der Waals surface area (Å²) in [5.41, 5.74) is 0.227. The maximum Gasteiger partial charge on any atom is 0.254 e. The largest absolute Gasteiger partial charge is 0.389 e. The Balaban J connectivity index is 1.79. The van der Waals surface area contributed by atoms with E-state index in [0.717, 1.165) is 32.9 Å². The second-order valence-corrected chi connectivity index (χ2v) is 8.25. The van der Waals surface area contributed by atoms with Crippen LogP contribution >= 0.6 is 38.5 Å². The highest BCUT2D eigenvalue weighted by Crippen LogP contribution is 2.40. The summed E-state index contributed by atoms with van der Waals surface area (Å²) in [4.78, 5) is 14.7. The summed E-state index contributed by atoms with van der Waals surface area (Å²) >= 11 is 5.65. The fourth-order valence-electron chi connectivity index (χ4n) is 3.59. The third kappa shape index (κ3) is 3.15. The highest BCUT2D eigenvalue weighted by Gasteiger charge is 2.43. The fraction of sp³-hybridized carbons (Fsp3) is 0.562. The molecule has 1 aliphatic carbocycles. The molecule has 21 heavy (non-hydrogen) atoms. The number of piperidine rings is 1. The average Bonchev–Trinajstić information content (AvgIpc) is 2.48. The number of carbonyl (C=O) groups is 1. The second-order valence-electron chi connectivity index (χ2n) is 6.17. The van der Waals surface area contributed by atoms with Crippen LogP contribution in [0.2, 0.25) is 0 Å². The lowest BCUT2D eigenvalue weighted by Crippen LogP contribution is -2.54. The van der Waals surface area contributed by atoms with Crippen LogP contribution in [0.25, 0.3) is 0 Å². The Labute approximate surface area is 147 Å². The molecular weight excluding hydrogens is 445 g/mol. The number of benzene rings is 1. The van der Waals surface area contributed by atoms with Crippen molar-refractivity contribution < 1.29 is 9.90 Å². The zero-order valence-electron chi connectivity index (χ0n) is 11.8. The molecule has 1 aromatic rings. The zero-order valence-corrected chi connectivity index (χ0v) is 15.6. The molecule has 2 fully saturated rings. The number of likely N-dealkylation sites (tertiary alicyclic amines) is 1. The van der Waals surface area contributed by atoms with Crippen LogP contribution in [0.15, 0.2) is 22.7 Å². The molecule has 0 aromatic heterocycles. The molecule has 1 saturated carbocycles. The van der Waals surface area contributed by atoms with Gasteiger partial charge in [-0.25, -0.2) is 0 Å². The fourth-order valence-corrected chi connectivity index (χ4v) is 4.51. The van der Waals surface area contributed by atoms with E-state index in [0.29, 0.717) is 19.5 Å². The molecule has 1 heterocycles. The van der Waals surface area contributed by atoms with E-state index in [1.165, 1.54) is 6.42 Å². The summed E-state index contributed by atoms with van der Waals surface area (Å²) in [6, 6.07) is 5.80. The first-order valence-corrected chi connectivity index (χ1v) is 9.33. The van der Waals surface area contributed by atoms with E-state index in [4.69, 9.17) is 0 Å². The highest BCUT2D eigenvalue weighted by molar-refractivity contribution is 14.1. The number of hydrogen-bond donors (Lipinski definition) is 1. The van der Waals surface area contributed by atoms with Crippen LogP contribution in [0.3, 0.4) is 0 Å². The first kappa shape index (κ1) is 15.7. The van der Waals surface area contributed by atoms with Gasteiger partial charge in [-0.15, -0.1) is 0 Å². The maximum absolute atomic E-state index is 12.8. The smallest absolute Gasteiger partial charge is 0.254 e. The molecule has 1 aliphatic heterocycles. The minimum atomic E-state index is -0.528. The molecule has 0 bridgehead atoms. The normalized spacial score (nSPS) is 29.1. The molecule has 1 N–H and O–H groups in total. The van der Waals surface area contributed by atoms with E-state index < -0.39 is 5.60 Å². The Morgan fingerprint density at radius 1 is 1.38 bits per heavy atom. The van der Waals surface area contributed by atoms with Gasteiger partial charge in [0.2, 0.25) is 0 Å². The van der Waals surface area contributed by atoms with Gasteiger partial charge in [0.15, 0.2) is 0 Å². The van der Waals surface area contributed by atoms with Crippen LogP contribution < -0.4 is 0 Å². The topological polar surface area (TPSA) is 40.5 Å². The van der Waals surface area contributed by atoms with E-state index >= 15 is 0 Å². The third-order valence-electron chi connectivity index (χ3n) is 4.87. The minimum absolute atomic E-state index is 0.0910. The Kier molecular flexibility index (Phi) is 4.62. The molecule has 114 valence electrons. The SMILES string of the molecule is O=C(c1cc(Br)ccc1I)N1CCC2(O)CCCCC2C1. The quantitative estimate of drug-likeness (QED) is 0.643. The lowest BCUT2D eigenvalue weighted by molar-refractivity contribution is -0.0886. The lowest BCUT2D eigenvalue weighted by Gasteiger charge is -2.47. The van der Waals surface area contributed by atoms with Crippen LogP contribution in [0, 0.1) is 9.49 Å². The van der Waals surface area contributed by atoms with Gasteiger partial charge < -0.3 is 10.0 Å². The molecule has 0 radical (unpaired) electrons. The number of halogens is 2. The number of carbonyl (C=O) groups excluding carboxylic acids is 1. The minimum Gasteiger partial charge on any atom is -0.389 e. The van der Waals surface area contributed by atoms with E-state index in [1.54, 1.807) is 0 Å². The number of nitrogens with zero attached hydrogens (tertiary/aromatic N) is 1. The van der Waals surface area contributed by atoms with E-state index in [2.05, 4.69) is 38.5 Å². The maximum atomic E-state index is 12.8. The van der Waals surface area contributed by atoms with Crippen LogP contribution in [-0.2, 0) is 0 Å². The number of fused-ring (bicyclic) bond motifs is 1. The Bertz CT molecular complexity index is 565. The van der Waals surface area contributed by atoms with Gasteiger partial charge in [0.05, 0.1) is 11.2 Å². The van der Waals surface area contributed by atoms with Crippen LogP contribution in [-0.4, -0.2) is 34.6 Å². The first-order valence-electron chi connectivity index (χ1n) is 7.46. The van der Waals surface area contributed by atoms with Crippen molar-refractivity contribution in [2.45, 2.75) is 37.7 Å². The molecule has 2 atom stereocenters. The van der Waals surface area contributed by atoms with Gasteiger partial charge in [-0.05, 0) is 60.1 Å².